The molecule has 2 heterocycles. The van der Waals surface area contributed by atoms with Crippen molar-refractivity contribution >= 4 is 0 Å². The average molecular weight is 333 g/mol. The second-order valence-electron chi connectivity index (χ2n) is 8.49. The molecule has 3 atom stereocenters. The van der Waals surface area contributed by atoms with Gasteiger partial charge in [-0.3, -0.25) is 4.90 Å². The van der Waals surface area contributed by atoms with Crippen LogP contribution in [0.2, 0.25) is 0 Å². The van der Waals surface area contributed by atoms with Crippen LogP contribution in [-0.2, 0) is 6.42 Å². The van der Waals surface area contributed by atoms with Gasteiger partial charge in [-0.25, -0.2) is 0 Å². The van der Waals surface area contributed by atoms with Crippen LogP contribution in [0.3, 0.4) is 0 Å². The number of aliphatic hydroxyl groups excluding tert-OH is 1. The molecule has 1 saturated heterocycles. The lowest BCUT2D eigenvalue weighted by Gasteiger charge is -2.47. The minimum absolute atomic E-state index is 0.232. The van der Waals surface area contributed by atoms with Gasteiger partial charge in [0.05, 0.1) is 20.3 Å². The zero-order valence-corrected chi connectivity index (χ0v) is 15.6. The molecule has 0 unspecified atom stereocenters. The van der Waals surface area contributed by atoms with Crippen molar-refractivity contribution < 1.29 is 14.6 Å². The summed E-state index contributed by atoms with van der Waals surface area (Å²) in [4.78, 5) is 2.55. The molecule has 0 bridgehead atoms. The fraction of sp³-hybridized carbons (Fsp3) is 0.700. The van der Waals surface area contributed by atoms with E-state index in [2.05, 4.69) is 37.8 Å². The molecule has 0 spiro atoms. The smallest absolute Gasteiger partial charge is 0.161 e. The first-order valence-electron chi connectivity index (χ1n) is 8.99. The van der Waals surface area contributed by atoms with Crippen molar-refractivity contribution in [2.45, 2.75) is 52.2 Å². The van der Waals surface area contributed by atoms with E-state index >= 15 is 0 Å². The van der Waals surface area contributed by atoms with E-state index < -0.39 is 0 Å². The zero-order chi connectivity index (χ0) is 17.5. The van der Waals surface area contributed by atoms with Crippen molar-refractivity contribution in [3.63, 3.8) is 0 Å². The van der Waals surface area contributed by atoms with Gasteiger partial charge in [0.1, 0.15) is 0 Å². The highest BCUT2D eigenvalue weighted by molar-refractivity contribution is 5.49. The van der Waals surface area contributed by atoms with E-state index in [-0.39, 0.29) is 11.5 Å². The first-order chi connectivity index (χ1) is 11.3. The Morgan fingerprint density at radius 3 is 2.46 bits per heavy atom. The van der Waals surface area contributed by atoms with Crippen LogP contribution in [0, 0.1) is 11.3 Å². The van der Waals surface area contributed by atoms with Crippen LogP contribution >= 0.6 is 0 Å². The van der Waals surface area contributed by atoms with Gasteiger partial charge in [-0.05, 0) is 53.9 Å². The molecule has 1 fully saturated rings. The van der Waals surface area contributed by atoms with Crippen molar-refractivity contribution in [1.82, 2.24) is 4.90 Å². The van der Waals surface area contributed by atoms with E-state index in [0.29, 0.717) is 12.0 Å². The number of fused-ring (bicyclic) bond motifs is 3. The largest absolute Gasteiger partial charge is 0.493 e. The van der Waals surface area contributed by atoms with Crippen molar-refractivity contribution in [1.29, 1.82) is 0 Å². The summed E-state index contributed by atoms with van der Waals surface area (Å²) in [5.74, 6) is 1.94. The monoisotopic (exact) mass is 333 g/mol. The number of hydrogen-bond acceptors (Lipinski definition) is 4. The number of nitrogens with zero attached hydrogens (tertiary/aromatic N) is 1. The maximum Gasteiger partial charge on any atom is 0.161 e. The van der Waals surface area contributed by atoms with Gasteiger partial charge in [-0.2, -0.15) is 0 Å². The third kappa shape index (κ3) is 3.40. The van der Waals surface area contributed by atoms with Crippen LogP contribution < -0.4 is 9.47 Å². The lowest BCUT2D eigenvalue weighted by molar-refractivity contribution is -0.0259. The molecule has 1 N–H and O–H groups in total. The van der Waals surface area contributed by atoms with E-state index in [1.54, 1.807) is 14.2 Å². The molecular weight excluding hydrogens is 302 g/mol. The quantitative estimate of drug-likeness (QED) is 0.920. The van der Waals surface area contributed by atoms with Crippen LogP contribution in [0.5, 0.6) is 11.5 Å². The molecular formula is C20H31NO3. The van der Waals surface area contributed by atoms with Gasteiger partial charge in [0.25, 0.3) is 0 Å². The fourth-order valence-electron chi connectivity index (χ4n) is 4.41. The molecule has 4 nitrogen and oxygen atoms in total. The average Bonchev–Trinajstić information content (AvgIpc) is 2.53. The second kappa shape index (κ2) is 6.57. The number of aliphatic hydroxyl groups is 1. The predicted octanol–water partition coefficient (Wildman–Crippen LogP) is 3.42. The summed E-state index contributed by atoms with van der Waals surface area (Å²) in [6.07, 6.45) is 2.67. The molecule has 0 aliphatic carbocycles. The molecule has 1 aromatic carbocycles. The minimum atomic E-state index is -0.232. The third-order valence-corrected chi connectivity index (χ3v) is 5.47. The Bertz CT molecular complexity index is 593. The number of methoxy groups -OCH3 is 2. The molecule has 24 heavy (non-hydrogen) atoms. The Morgan fingerprint density at radius 1 is 1.17 bits per heavy atom. The van der Waals surface area contributed by atoms with Crippen LogP contribution in [0.25, 0.3) is 0 Å². The standard InChI is InChI=1S/C20H31NO3/c1-20(2,3)11-14-12-21-7-6-13-8-18(23-4)19(24-5)9-15(13)16(21)10-17(14)22/h8-9,14,16-17,22H,6-7,10-12H2,1-5H3/t14-,16-,17+/m0/s1. The maximum absolute atomic E-state index is 10.7. The second-order valence-corrected chi connectivity index (χ2v) is 8.49. The SMILES string of the molecule is COc1cc2c(cc1OC)[C@@H]1C[C@@H](O)[C@@H](CC(C)(C)C)CN1CC2. The van der Waals surface area contributed by atoms with Gasteiger partial charge in [0, 0.05) is 19.1 Å². The highest BCUT2D eigenvalue weighted by atomic mass is 16.5. The Balaban J connectivity index is 1.86. The summed E-state index contributed by atoms with van der Waals surface area (Å²) in [5, 5.41) is 10.7. The normalized spacial score (nSPS) is 27.3. The molecule has 1 aromatic rings. The van der Waals surface area contributed by atoms with Crippen LogP contribution in [-0.4, -0.2) is 43.4 Å². The van der Waals surface area contributed by atoms with Gasteiger partial charge in [-0.15, -0.1) is 0 Å². The number of rotatable bonds is 3. The van der Waals surface area contributed by atoms with E-state index in [4.69, 9.17) is 9.47 Å². The Hall–Kier alpha value is -1.26. The van der Waals surface area contributed by atoms with Crippen molar-refractivity contribution in [3.8, 4) is 11.5 Å². The van der Waals surface area contributed by atoms with Gasteiger partial charge in [0.15, 0.2) is 11.5 Å². The molecule has 0 saturated carbocycles. The van der Waals surface area contributed by atoms with Gasteiger partial charge in [-0.1, -0.05) is 20.8 Å². The maximum atomic E-state index is 10.7. The van der Waals surface area contributed by atoms with Crippen LogP contribution in [0.15, 0.2) is 12.1 Å². The first-order valence-corrected chi connectivity index (χ1v) is 8.99. The molecule has 134 valence electrons. The Kier molecular flexibility index (Phi) is 4.80. The lowest BCUT2D eigenvalue weighted by Crippen LogP contribution is -2.48. The van der Waals surface area contributed by atoms with Crippen molar-refractivity contribution in [2.75, 3.05) is 27.3 Å². The lowest BCUT2D eigenvalue weighted by atomic mass is 9.75. The summed E-state index contributed by atoms with van der Waals surface area (Å²) >= 11 is 0. The highest BCUT2D eigenvalue weighted by Crippen LogP contribution is 2.44. The summed E-state index contributed by atoms with van der Waals surface area (Å²) in [7, 11) is 3.36. The number of benzene rings is 1. The van der Waals surface area contributed by atoms with Crippen molar-refractivity contribution in [3.05, 3.63) is 23.3 Å². The van der Waals surface area contributed by atoms with Gasteiger partial charge < -0.3 is 14.6 Å². The van der Waals surface area contributed by atoms with E-state index in [1.165, 1.54) is 11.1 Å². The molecule has 0 aromatic heterocycles. The van der Waals surface area contributed by atoms with Crippen LogP contribution in [0.4, 0.5) is 0 Å². The topological polar surface area (TPSA) is 41.9 Å². The van der Waals surface area contributed by atoms with E-state index in [9.17, 15) is 5.11 Å². The molecule has 3 rings (SSSR count). The predicted molar refractivity (Wildman–Crippen MR) is 95.7 cm³/mol. The Morgan fingerprint density at radius 2 is 1.83 bits per heavy atom. The summed E-state index contributed by atoms with van der Waals surface area (Å²) in [6, 6.07) is 4.51. The molecule has 0 amide bonds. The summed E-state index contributed by atoms with van der Waals surface area (Å²) in [5.41, 5.74) is 2.88. The highest BCUT2D eigenvalue weighted by Gasteiger charge is 2.39. The molecule has 2 aliphatic rings. The van der Waals surface area contributed by atoms with Crippen LogP contribution in [0.1, 0.15) is 50.8 Å². The first kappa shape index (κ1) is 17.6. The van der Waals surface area contributed by atoms with Gasteiger partial charge >= 0.3 is 0 Å². The summed E-state index contributed by atoms with van der Waals surface area (Å²) in [6.45, 7) is 8.81. The molecule has 2 aliphatic heterocycles. The van der Waals surface area contributed by atoms with Crippen molar-refractivity contribution in [2.24, 2.45) is 11.3 Å². The number of ether oxygens (including phenoxy) is 2. The number of piperidine rings is 1. The zero-order valence-electron chi connectivity index (χ0n) is 15.6. The molecule has 0 radical (unpaired) electrons. The fourth-order valence-corrected chi connectivity index (χ4v) is 4.41. The Labute approximate surface area is 145 Å². The number of hydrogen-bond donors (Lipinski definition) is 1. The third-order valence-electron chi connectivity index (χ3n) is 5.47. The minimum Gasteiger partial charge on any atom is -0.493 e. The van der Waals surface area contributed by atoms with Gasteiger partial charge in [0.2, 0.25) is 0 Å². The molecule has 4 heteroatoms. The summed E-state index contributed by atoms with van der Waals surface area (Å²) < 4.78 is 10.9. The van der Waals surface area contributed by atoms with E-state index in [1.807, 2.05) is 0 Å². The van der Waals surface area contributed by atoms with E-state index in [0.717, 1.165) is 43.9 Å².